The van der Waals surface area contributed by atoms with Gasteiger partial charge in [0.15, 0.2) is 0 Å². The molecule has 0 aromatic heterocycles. The van der Waals surface area contributed by atoms with Gasteiger partial charge in [-0.2, -0.15) is 0 Å². The molecule has 4 fully saturated rings. The van der Waals surface area contributed by atoms with E-state index < -0.39 is 5.09 Å². The van der Waals surface area contributed by atoms with Crippen LogP contribution in [0.3, 0.4) is 0 Å². The lowest BCUT2D eigenvalue weighted by atomic mass is 9.48. The van der Waals surface area contributed by atoms with Gasteiger partial charge in [-0.3, -0.25) is 0 Å². The Hall–Kier alpha value is -2.24. The molecule has 190 valence electrons. The van der Waals surface area contributed by atoms with Crippen molar-refractivity contribution < 1.29 is 19.4 Å². The van der Waals surface area contributed by atoms with Crippen molar-refractivity contribution in [1.82, 2.24) is 0 Å². The minimum atomic E-state index is -0.729. The Bertz CT molecular complexity index is 1010. The van der Waals surface area contributed by atoms with Crippen LogP contribution in [0.5, 0.6) is 11.5 Å². The second kappa shape index (κ2) is 8.41. The van der Waals surface area contributed by atoms with Crippen LogP contribution in [0.1, 0.15) is 95.6 Å². The summed E-state index contributed by atoms with van der Waals surface area (Å²) in [5, 5.41) is 9.82. The highest BCUT2D eigenvalue weighted by Crippen LogP contribution is 2.62. The van der Waals surface area contributed by atoms with Crippen LogP contribution in [0.15, 0.2) is 23.8 Å². The van der Waals surface area contributed by atoms with Gasteiger partial charge in [0, 0.05) is 23.8 Å². The van der Waals surface area contributed by atoms with Gasteiger partial charge in [0.1, 0.15) is 17.1 Å². The monoisotopic (exact) mass is 481 g/mol. The number of rotatable bonds is 7. The smallest absolute Gasteiger partial charge is 0.294 e. The molecular formula is C29H39NO5. The molecular weight excluding hydrogens is 442 g/mol. The summed E-state index contributed by atoms with van der Waals surface area (Å²) in [4.78, 5) is 15.1. The summed E-state index contributed by atoms with van der Waals surface area (Å²) >= 11 is 0. The fraction of sp³-hybridized carbons (Fsp3) is 0.724. The highest BCUT2D eigenvalue weighted by molar-refractivity contribution is 5.55. The molecule has 6 aliphatic rings. The number of hydrogen-bond donors (Lipinski definition) is 0. The lowest BCUT2D eigenvalue weighted by molar-refractivity contribution is -0.757. The number of ether oxygens (including phenoxy) is 2. The first-order chi connectivity index (χ1) is 16.7. The van der Waals surface area contributed by atoms with Gasteiger partial charge in [0.2, 0.25) is 0 Å². The third kappa shape index (κ3) is 4.11. The fourth-order valence-corrected chi connectivity index (χ4v) is 8.82. The number of nitrogens with zero attached hydrogens (tertiary/aromatic N) is 1. The van der Waals surface area contributed by atoms with E-state index in [2.05, 4.69) is 43.8 Å². The summed E-state index contributed by atoms with van der Waals surface area (Å²) in [6.07, 6.45) is 13.1. The Morgan fingerprint density at radius 3 is 2.43 bits per heavy atom. The molecule has 1 aromatic rings. The second-order valence-electron chi connectivity index (χ2n) is 12.8. The minimum Gasteiger partial charge on any atom is -0.493 e. The van der Waals surface area contributed by atoms with E-state index in [9.17, 15) is 10.1 Å². The van der Waals surface area contributed by atoms with Crippen molar-refractivity contribution in [2.45, 2.75) is 95.5 Å². The molecule has 6 heteroatoms. The van der Waals surface area contributed by atoms with Crippen LogP contribution >= 0.6 is 0 Å². The van der Waals surface area contributed by atoms with Gasteiger partial charge in [-0.05, 0) is 113 Å². The summed E-state index contributed by atoms with van der Waals surface area (Å²) in [6.45, 7) is 7.18. The molecule has 1 aromatic carbocycles. The average Bonchev–Trinajstić information content (AvgIpc) is 2.76. The van der Waals surface area contributed by atoms with Crippen LogP contribution in [-0.4, -0.2) is 23.9 Å². The van der Waals surface area contributed by atoms with E-state index in [1.807, 2.05) is 0 Å². The predicted octanol–water partition coefficient (Wildman–Crippen LogP) is 6.74. The fourth-order valence-electron chi connectivity index (χ4n) is 8.82. The lowest BCUT2D eigenvalue weighted by Crippen LogP contribution is -2.49. The molecule has 4 bridgehead atoms. The predicted molar refractivity (Wildman–Crippen MR) is 133 cm³/mol. The highest BCUT2D eigenvalue weighted by atomic mass is 16.9. The molecule has 6 nitrogen and oxygen atoms in total. The Morgan fingerprint density at radius 1 is 1.09 bits per heavy atom. The van der Waals surface area contributed by atoms with Crippen LogP contribution in [0.4, 0.5) is 0 Å². The first-order valence-electron chi connectivity index (χ1n) is 13.7. The Labute approximate surface area is 208 Å². The van der Waals surface area contributed by atoms with E-state index in [-0.39, 0.29) is 17.6 Å². The molecule has 2 atom stereocenters. The molecule has 35 heavy (non-hydrogen) atoms. The zero-order chi connectivity index (χ0) is 24.4. The zero-order valence-electron chi connectivity index (χ0n) is 21.4. The summed E-state index contributed by atoms with van der Waals surface area (Å²) in [6, 6.07) is 4.73. The van der Waals surface area contributed by atoms with Crippen LogP contribution in [0, 0.1) is 33.8 Å². The van der Waals surface area contributed by atoms with Crippen molar-refractivity contribution in [3.63, 3.8) is 0 Å². The molecule has 0 saturated heterocycles. The number of benzene rings is 1. The van der Waals surface area contributed by atoms with Crippen molar-refractivity contribution in [3.05, 3.63) is 45.0 Å². The average molecular weight is 482 g/mol. The first kappa shape index (κ1) is 23.2. The van der Waals surface area contributed by atoms with Crippen molar-refractivity contribution in [1.29, 1.82) is 0 Å². The summed E-state index contributed by atoms with van der Waals surface area (Å²) in [5.74, 6) is 5.33. The van der Waals surface area contributed by atoms with Crippen molar-refractivity contribution in [2.75, 3.05) is 13.2 Å². The SMILES string of the molecule is CC1=CC[C@@H]2[C@@H](C1)c1c(OCCCO[N+](=O)[O-])cc(C34CC5CC(CC(C5)C3)C4)cc1OC2(C)C. The van der Waals surface area contributed by atoms with Gasteiger partial charge in [-0.25, -0.2) is 0 Å². The molecule has 7 rings (SSSR count). The van der Waals surface area contributed by atoms with E-state index >= 15 is 0 Å². The van der Waals surface area contributed by atoms with Crippen LogP contribution in [-0.2, 0) is 10.3 Å². The maximum absolute atomic E-state index is 10.5. The van der Waals surface area contributed by atoms with Gasteiger partial charge in [-0.15, -0.1) is 10.1 Å². The lowest BCUT2D eigenvalue weighted by Gasteiger charge is -2.57. The van der Waals surface area contributed by atoms with Gasteiger partial charge in [0.25, 0.3) is 5.09 Å². The van der Waals surface area contributed by atoms with E-state index in [0.29, 0.717) is 24.9 Å². The van der Waals surface area contributed by atoms with Gasteiger partial charge in [0.05, 0.1) is 13.2 Å². The van der Waals surface area contributed by atoms with E-state index in [0.717, 1.165) is 42.1 Å². The van der Waals surface area contributed by atoms with Crippen LogP contribution in [0.25, 0.3) is 0 Å². The second-order valence-corrected chi connectivity index (χ2v) is 12.8. The summed E-state index contributed by atoms with van der Waals surface area (Å²) in [7, 11) is 0. The summed E-state index contributed by atoms with van der Waals surface area (Å²) < 4.78 is 13.2. The molecule has 0 radical (unpaired) electrons. The third-order valence-electron chi connectivity index (χ3n) is 9.88. The van der Waals surface area contributed by atoms with E-state index in [1.54, 1.807) is 0 Å². The molecule has 0 amide bonds. The van der Waals surface area contributed by atoms with Gasteiger partial charge >= 0.3 is 0 Å². The molecule has 0 unspecified atom stereocenters. The molecule has 0 spiro atoms. The normalized spacial score (nSPS) is 36.0. The Morgan fingerprint density at radius 2 is 1.77 bits per heavy atom. The van der Waals surface area contributed by atoms with Crippen molar-refractivity contribution in [2.24, 2.45) is 23.7 Å². The van der Waals surface area contributed by atoms with Crippen LogP contribution < -0.4 is 9.47 Å². The molecule has 0 N–H and O–H groups in total. The van der Waals surface area contributed by atoms with E-state index in [4.69, 9.17) is 9.47 Å². The van der Waals surface area contributed by atoms with Crippen molar-refractivity contribution in [3.8, 4) is 11.5 Å². The first-order valence-corrected chi connectivity index (χ1v) is 13.7. The number of hydrogen-bond acceptors (Lipinski definition) is 5. The standard InChI is InChI=1S/C29H39NO5/c1-18-5-6-24-23(9-18)27-25(33-7-4-8-34-30(31)32)13-22(14-26(27)35-28(24,2)3)29-15-19-10-20(16-29)12-21(11-19)17-29/h5,13-14,19-21,23-24H,4,6-12,15-17H2,1-3H3/t19?,20?,21?,23-,24-,29?/m1/s1. The molecule has 5 aliphatic carbocycles. The maximum atomic E-state index is 10.5. The third-order valence-corrected chi connectivity index (χ3v) is 9.88. The molecule has 4 saturated carbocycles. The molecule has 1 aliphatic heterocycles. The molecule has 1 heterocycles. The zero-order valence-corrected chi connectivity index (χ0v) is 21.4. The van der Waals surface area contributed by atoms with Crippen LogP contribution in [0.2, 0.25) is 0 Å². The van der Waals surface area contributed by atoms with Gasteiger partial charge < -0.3 is 14.3 Å². The Balaban J connectivity index is 1.38. The largest absolute Gasteiger partial charge is 0.493 e. The van der Waals surface area contributed by atoms with E-state index in [1.165, 1.54) is 55.2 Å². The number of fused-ring (bicyclic) bond motifs is 3. The topological polar surface area (TPSA) is 70.8 Å². The maximum Gasteiger partial charge on any atom is 0.294 e. The quantitative estimate of drug-likeness (QED) is 0.187. The Kier molecular flexibility index (Phi) is 5.57. The minimum absolute atomic E-state index is 0.0568. The highest BCUT2D eigenvalue weighted by Gasteiger charge is 2.53. The number of allylic oxidation sites excluding steroid dienone is 2. The van der Waals surface area contributed by atoms with Crippen molar-refractivity contribution >= 4 is 0 Å². The summed E-state index contributed by atoms with van der Waals surface area (Å²) in [5.41, 5.74) is 4.08. The van der Waals surface area contributed by atoms with Gasteiger partial charge in [-0.1, -0.05) is 11.6 Å².